The van der Waals surface area contributed by atoms with Gasteiger partial charge in [0.1, 0.15) is 5.60 Å². The summed E-state index contributed by atoms with van der Waals surface area (Å²) in [6.45, 7) is 9.99. The number of hydrogen-bond donors (Lipinski definition) is 3. The maximum atomic E-state index is 10.7. The van der Waals surface area contributed by atoms with Crippen LogP contribution in [0.5, 0.6) is 0 Å². The monoisotopic (exact) mass is 320 g/mol. The average molecular weight is 320 g/mol. The summed E-state index contributed by atoms with van der Waals surface area (Å²) >= 11 is 0. The van der Waals surface area contributed by atoms with E-state index in [-0.39, 0.29) is 5.54 Å². The fourth-order valence-corrected chi connectivity index (χ4v) is 1.91. The van der Waals surface area contributed by atoms with Crippen molar-refractivity contribution in [3.63, 3.8) is 0 Å². The van der Waals surface area contributed by atoms with Crippen LogP contribution in [-0.4, -0.2) is 55.2 Å². The van der Waals surface area contributed by atoms with Gasteiger partial charge in [-0.3, -0.25) is 4.99 Å². The highest BCUT2D eigenvalue weighted by Gasteiger charge is 2.24. The average Bonchev–Trinajstić information content (AvgIpc) is 2.51. The van der Waals surface area contributed by atoms with Crippen LogP contribution in [0.25, 0.3) is 0 Å². The Labute approximate surface area is 140 Å². The fraction of sp³-hybridized carbons (Fsp3) is 0.611. The molecule has 0 spiro atoms. The van der Waals surface area contributed by atoms with Gasteiger partial charge in [-0.1, -0.05) is 30.3 Å². The summed E-state index contributed by atoms with van der Waals surface area (Å²) < 4.78 is 0. The van der Waals surface area contributed by atoms with Crippen LogP contribution in [0, 0.1) is 0 Å². The van der Waals surface area contributed by atoms with Gasteiger partial charge in [-0.2, -0.15) is 0 Å². The number of hydrogen-bond acceptors (Lipinski definition) is 3. The molecule has 0 aromatic heterocycles. The largest absolute Gasteiger partial charge is 0.384 e. The molecule has 1 aromatic carbocycles. The summed E-state index contributed by atoms with van der Waals surface area (Å²) in [5.74, 6) is 0.721. The van der Waals surface area contributed by atoms with Crippen molar-refractivity contribution in [3.05, 3.63) is 35.9 Å². The van der Waals surface area contributed by atoms with Crippen LogP contribution in [-0.2, 0) is 5.60 Å². The van der Waals surface area contributed by atoms with E-state index in [9.17, 15) is 5.11 Å². The Bertz CT molecular complexity index is 495. The summed E-state index contributed by atoms with van der Waals surface area (Å²) in [5.41, 5.74) is -0.0873. The van der Waals surface area contributed by atoms with Gasteiger partial charge >= 0.3 is 0 Å². The second-order valence-corrected chi connectivity index (χ2v) is 6.90. The topological polar surface area (TPSA) is 59.9 Å². The first-order valence-electron chi connectivity index (χ1n) is 8.16. The highest BCUT2D eigenvalue weighted by atomic mass is 16.3. The predicted octanol–water partition coefficient (Wildman–Crippen LogP) is 1.79. The quantitative estimate of drug-likeness (QED) is 0.529. The number of benzene rings is 1. The lowest BCUT2D eigenvalue weighted by Crippen LogP contribution is -2.46. The first-order valence-corrected chi connectivity index (χ1v) is 8.16. The SMILES string of the molecule is CCNC(=NCC(C)(C)N(C)C)NCC(C)(O)c1ccccc1. The maximum Gasteiger partial charge on any atom is 0.191 e. The van der Waals surface area contributed by atoms with E-state index in [1.165, 1.54) is 0 Å². The molecule has 0 saturated heterocycles. The van der Waals surface area contributed by atoms with Gasteiger partial charge in [0.25, 0.3) is 0 Å². The summed E-state index contributed by atoms with van der Waals surface area (Å²) in [6.07, 6.45) is 0. The molecule has 0 saturated carbocycles. The minimum atomic E-state index is -0.950. The lowest BCUT2D eigenvalue weighted by Gasteiger charge is -2.31. The van der Waals surface area contributed by atoms with Crippen molar-refractivity contribution in [3.8, 4) is 0 Å². The van der Waals surface area contributed by atoms with Gasteiger partial charge in [0.2, 0.25) is 0 Å². The highest BCUT2D eigenvalue weighted by molar-refractivity contribution is 5.79. The van der Waals surface area contributed by atoms with E-state index in [4.69, 9.17) is 0 Å². The molecule has 23 heavy (non-hydrogen) atoms. The summed E-state index contributed by atoms with van der Waals surface area (Å²) in [5, 5.41) is 17.1. The smallest absolute Gasteiger partial charge is 0.191 e. The number of guanidine groups is 1. The molecule has 1 rings (SSSR count). The number of rotatable bonds is 7. The molecule has 1 unspecified atom stereocenters. The zero-order valence-corrected chi connectivity index (χ0v) is 15.3. The zero-order chi connectivity index (χ0) is 17.5. The molecule has 0 aliphatic heterocycles. The van der Waals surface area contributed by atoms with E-state index in [0.717, 1.165) is 18.1 Å². The minimum absolute atomic E-state index is 0.0235. The number of likely N-dealkylation sites (N-methyl/N-ethyl adjacent to an activating group) is 1. The zero-order valence-electron chi connectivity index (χ0n) is 15.3. The standard InChI is InChI=1S/C18H32N4O/c1-7-19-16(20-13-17(2,3)22(5)6)21-14-18(4,23)15-11-9-8-10-12-15/h8-12,23H,7,13-14H2,1-6H3,(H2,19,20,21). The lowest BCUT2D eigenvalue weighted by molar-refractivity contribution is 0.0617. The van der Waals surface area contributed by atoms with Crippen LogP contribution in [0.15, 0.2) is 35.3 Å². The number of nitrogens with one attached hydrogen (secondary N) is 2. The Balaban J connectivity index is 2.73. The second kappa shape index (κ2) is 8.31. The van der Waals surface area contributed by atoms with E-state index in [1.807, 2.05) is 44.2 Å². The van der Waals surface area contributed by atoms with Crippen LogP contribution in [0.1, 0.15) is 33.3 Å². The Morgan fingerprint density at radius 1 is 1.13 bits per heavy atom. The van der Waals surface area contributed by atoms with Crippen molar-refractivity contribution in [2.24, 2.45) is 4.99 Å². The second-order valence-electron chi connectivity index (χ2n) is 6.90. The third kappa shape index (κ3) is 6.20. The summed E-state index contributed by atoms with van der Waals surface area (Å²) in [6, 6.07) is 9.68. The van der Waals surface area contributed by atoms with E-state index >= 15 is 0 Å². The van der Waals surface area contributed by atoms with Crippen LogP contribution in [0.2, 0.25) is 0 Å². The van der Waals surface area contributed by atoms with Crippen molar-refractivity contribution < 1.29 is 5.11 Å². The van der Waals surface area contributed by atoms with Crippen LogP contribution < -0.4 is 10.6 Å². The van der Waals surface area contributed by atoms with Gasteiger partial charge in [-0.05, 0) is 47.4 Å². The molecular formula is C18H32N4O. The maximum absolute atomic E-state index is 10.7. The Hall–Kier alpha value is -1.59. The molecule has 0 amide bonds. The van der Waals surface area contributed by atoms with Crippen molar-refractivity contribution in [2.45, 2.75) is 38.8 Å². The molecule has 0 aliphatic carbocycles. The van der Waals surface area contributed by atoms with E-state index in [2.05, 4.69) is 48.5 Å². The minimum Gasteiger partial charge on any atom is -0.384 e. The Morgan fingerprint density at radius 3 is 2.26 bits per heavy atom. The van der Waals surface area contributed by atoms with Gasteiger partial charge in [0.05, 0.1) is 13.1 Å². The number of aliphatic imine (C=N–C) groups is 1. The third-order valence-corrected chi connectivity index (χ3v) is 4.17. The molecule has 1 atom stereocenters. The molecule has 5 heteroatoms. The van der Waals surface area contributed by atoms with Crippen molar-refractivity contribution in [1.29, 1.82) is 0 Å². The van der Waals surface area contributed by atoms with Crippen molar-refractivity contribution >= 4 is 5.96 Å². The van der Waals surface area contributed by atoms with E-state index < -0.39 is 5.60 Å². The van der Waals surface area contributed by atoms with Gasteiger partial charge in [-0.25, -0.2) is 0 Å². The number of aliphatic hydroxyl groups is 1. The molecule has 1 aromatic rings. The fourth-order valence-electron chi connectivity index (χ4n) is 1.91. The van der Waals surface area contributed by atoms with Crippen molar-refractivity contribution in [1.82, 2.24) is 15.5 Å². The molecule has 5 nitrogen and oxygen atoms in total. The molecule has 0 heterocycles. The molecule has 0 fully saturated rings. The normalized spacial score (nSPS) is 15.4. The summed E-state index contributed by atoms with van der Waals surface area (Å²) in [7, 11) is 4.10. The predicted molar refractivity (Wildman–Crippen MR) is 97.8 cm³/mol. The van der Waals surface area contributed by atoms with E-state index in [1.54, 1.807) is 0 Å². The van der Waals surface area contributed by atoms with Crippen LogP contribution in [0.3, 0.4) is 0 Å². The van der Waals surface area contributed by atoms with Crippen LogP contribution >= 0.6 is 0 Å². The van der Waals surface area contributed by atoms with Crippen molar-refractivity contribution in [2.75, 3.05) is 33.7 Å². The molecule has 3 N–H and O–H groups in total. The Morgan fingerprint density at radius 2 is 1.74 bits per heavy atom. The Kier molecular flexibility index (Phi) is 7.03. The van der Waals surface area contributed by atoms with Gasteiger partial charge < -0.3 is 20.6 Å². The summed E-state index contributed by atoms with van der Waals surface area (Å²) in [4.78, 5) is 6.80. The van der Waals surface area contributed by atoms with Gasteiger partial charge in [0.15, 0.2) is 5.96 Å². The molecule has 0 radical (unpaired) electrons. The first-order chi connectivity index (χ1) is 10.7. The highest BCUT2D eigenvalue weighted by Crippen LogP contribution is 2.18. The first kappa shape index (κ1) is 19.5. The molecular weight excluding hydrogens is 288 g/mol. The lowest BCUT2D eigenvalue weighted by atomic mass is 9.96. The van der Waals surface area contributed by atoms with E-state index in [0.29, 0.717) is 13.1 Å². The molecule has 130 valence electrons. The molecule has 0 aliphatic rings. The van der Waals surface area contributed by atoms with Gasteiger partial charge in [0, 0.05) is 12.1 Å². The van der Waals surface area contributed by atoms with Gasteiger partial charge in [-0.15, -0.1) is 0 Å². The third-order valence-electron chi connectivity index (χ3n) is 4.17. The molecule has 0 bridgehead atoms. The number of nitrogens with zero attached hydrogens (tertiary/aromatic N) is 2. The van der Waals surface area contributed by atoms with Crippen LogP contribution in [0.4, 0.5) is 0 Å².